The Kier molecular flexibility index (Phi) is 55.7. The zero-order chi connectivity index (χ0) is 55.5. The third kappa shape index (κ3) is 55.7. The van der Waals surface area contributed by atoms with Crippen LogP contribution in [-0.2, 0) is 42.2 Å². The van der Waals surface area contributed by atoms with Gasteiger partial charge in [-0.2, -0.15) is 0 Å². The molecule has 0 aromatic heterocycles. The van der Waals surface area contributed by atoms with Crippen LogP contribution in [-0.4, -0.2) is 66.5 Å². The van der Waals surface area contributed by atoms with E-state index >= 15 is 0 Å². The summed E-state index contributed by atoms with van der Waals surface area (Å²) < 4.78 is 39.6. The van der Waals surface area contributed by atoms with Crippen LogP contribution >= 0.6 is 7.82 Å². The number of aliphatic hydroxyl groups excluding tert-OH is 1. The summed E-state index contributed by atoms with van der Waals surface area (Å²) in [7, 11) is -4.76. The zero-order valence-corrected chi connectivity index (χ0v) is 49.6. The molecular formula is C64H113O11P. The molecule has 3 unspecified atom stereocenters. The smallest absolute Gasteiger partial charge is 0.462 e. The Labute approximate surface area is 465 Å². The van der Waals surface area contributed by atoms with Crippen LogP contribution in [0, 0.1) is 0 Å². The van der Waals surface area contributed by atoms with E-state index < -0.39 is 57.8 Å². The number of phosphoric acid groups is 1. The molecule has 0 heterocycles. The maximum absolute atomic E-state index is 12.9. The van der Waals surface area contributed by atoms with Gasteiger partial charge in [0.25, 0.3) is 0 Å². The molecule has 0 rings (SSSR count). The van der Waals surface area contributed by atoms with Crippen LogP contribution in [0.4, 0.5) is 0 Å². The van der Waals surface area contributed by atoms with Crippen molar-refractivity contribution in [1.82, 2.24) is 0 Å². The summed E-state index contributed by atoms with van der Waals surface area (Å²) in [5.74, 6) is -1.49. The maximum atomic E-state index is 12.9. The van der Waals surface area contributed by atoms with Gasteiger partial charge in [0.2, 0.25) is 0 Å². The molecule has 0 fully saturated rings. The Morgan fingerprint density at radius 3 is 1.04 bits per heavy atom. The fourth-order valence-corrected chi connectivity index (χ4v) is 9.10. The standard InChI is InChI=1S/C64H113O11P/c1-4-7-10-13-16-19-22-24-26-28-30-32-34-36-39-42-45-48-51-54-63(67)74-60(56-65)58-72-76(69,70)73-59-61(57-71-62(66)53-50-47-44-41-38-21-18-15-12-9-6-3)75-64(68)55-52-49-46-43-40-37-35-33-31-29-27-25-23-20-17-14-11-8-5-2/h15-20,24-27,31,33,60-61,65H,4-14,21-23,28-30,32,34-59H2,1-3H3,(H,69,70)/b18-15-,19-16-,20-17-,26-24-,27-25-,33-31-. The largest absolute Gasteiger partial charge is 0.472 e. The molecule has 0 saturated heterocycles. The number of allylic oxidation sites excluding steroid dienone is 12. The Morgan fingerprint density at radius 1 is 0.368 bits per heavy atom. The highest BCUT2D eigenvalue weighted by molar-refractivity contribution is 7.47. The molecule has 0 aromatic rings. The van der Waals surface area contributed by atoms with E-state index in [1.807, 2.05) is 0 Å². The van der Waals surface area contributed by atoms with Crippen molar-refractivity contribution in [3.8, 4) is 0 Å². The highest BCUT2D eigenvalue weighted by Crippen LogP contribution is 2.43. The van der Waals surface area contributed by atoms with Crippen molar-refractivity contribution < 1.29 is 52.2 Å². The molecule has 0 spiro atoms. The van der Waals surface area contributed by atoms with Gasteiger partial charge in [-0.25, -0.2) is 4.57 Å². The molecule has 0 amide bonds. The lowest BCUT2D eigenvalue weighted by Gasteiger charge is -2.21. The first-order valence-electron chi connectivity index (χ1n) is 30.8. The van der Waals surface area contributed by atoms with E-state index in [1.54, 1.807) is 0 Å². The molecule has 76 heavy (non-hydrogen) atoms. The van der Waals surface area contributed by atoms with Crippen LogP contribution in [0.2, 0.25) is 0 Å². The molecule has 12 heteroatoms. The van der Waals surface area contributed by atoms with Crippen molar-refractivity contribution in [2.45, 2.75) is 290 Å². The molecule has 3 atom stereocenters. The summed E-state index contributed by atoms with van der Waals surface area (Å²) in [6.07, 6.45) is 65.7. The number of carbonyl (C=O) groups excluding carboxylic acids is 3. The van der Waals surface area contributed by atoms with Gasteiger partial charge in [-0.15, -0.1) is 0 Å². The number of carbonyl (C=O) groups is 3. The van der Waals surface area contributed by atoms with Crippen molar-refractivity contribution >= 4 is 25.7 Å². The van der Waals surface area contributed by atoms with Crippen molar-refractivity contribution in [2.75, 3.05) is 26.4 Å². The summed E-state index contributed by atoms with van der Waals surface area (Å²) >= 11 is 0. The highest BCUT2D eigenvalue weighted by atomic mass is 31.2. The van der Waals surface area contributed by atoms with Crippen LogP contribution in [0.3, 0.4) is 0 Å². The van der Waals surface area contributed by atoms with Gasteiger partial charge < -0.3 is 24.2 Å². The predicted molar refractivity (Wildman–Crippen MR) is 316 cm³/mol. The van der Waals surface area contributed by atoms with E-state index in [9.17, 15) is 28.9 Å². The molecule has 0 saturated carbocycles. The molecule has 11 nitrogen and oxygen atoms in total. The van der Waals surface area contributed by atoms with Gasteiger partial charge >= 0.3 is 25.7 Å². The fraction of sp³-hybridized carbons (Fsp3) is 0.766. The topological polar surface area (TPSA) is 155 Å². The molecule has 0 aromatic carbocycles. The molecule has 0 aliphatic rings. The van der Waals surface area contributed by atoms with E-state index in [4.69, 9.17) is 23.3 Å². The Bertz CT molecular complexity index is 1550. The molecule has 0 aliphatic carbocycles. The molecule has 0 bridgehead atoms. The average molecular weight is 1090 g/mol. The highest BCUT2D eigenvalue weighted by Gasteiger charge is 2.28. The Morgan fingerprint density at radius 2 is 0.658 bits per heavy atom. The average Bonchev–Trinajstić information content (AvgIpc) is 3.41. The number of esters is 3. The van der Waals surface area contributed by atoms with E-state index in [1.165, 1.54) is 96.3 Å². The van der Waals surface area contributed by atoms with Gasteiger partial charge in [0, 0.05) is 19.3 Å². The van der Waals surface area contributed by atoms with Crippen LogP contribution < -0.4 is 0 Å². The van der Waals surface area contributed by atoms with Crippen LogP contribution in [0.25, 0.3) is 0 Å². The van der Waals surface area contributed by atoms with E-state index in [0.29, 0.717) is 19.3 Å². The van der Waals surface area contributed by atoms with Crippen LogP contribution in [0.15, 0.2) is 72.9 Å². The van der Waals surface area contributed by atoms with E-state index in [0.717, 1.165) is 122 Å². The van der Waals surface area contributed by atoms with E-state index in [-0.39, 0.29) is 25.9 Å². The lowest BCUT2D eigenvalue weighted by Crippen LogP contribution is -2.30. The second-order valence-corrected chi connectivity index (χ2v) is 22.0. The van der Waals surface area contributed by atoms with Crippen LogP contribution in [0.1, 0.15) is 278 Å². The molecule has 440 valence electrons. The lowest BCUT2D eigenvalue weighted by atomic mass is 10.1. The Hall–Kier alpha value is -3.08. The molecular weight excluding hydrogens is 976 g/mol. The zero-order valence-electron chi connectivity index (χ0n) is 48.7. The summed E-state index contributed by atoms with van der Waals surface area (Å²) in [6.45, 7) is 4.55. The number of ether oxygens (including phenoxy) is 3. The first-order chi connectivity index (χ1) is 37.2. The third-order valence-electron chi connectivity index (χ3n) is 13.1. The number of hydrogen-bond acceptors (Lipinski definition) is 10. The quantitative estimate of drug-likeness (QED) is 0.0197. The summed E-state index contributed by atoms with van der Waals surface area (Å²) in [4.78, 5) is 48.6. The molecule has 2 N–H and O–H groups in total. The predicted octanol–water partition coefficient (Wildman–Crippen LogP) is 18.5. The minimum Gasteiger partial charge on any atom is -0.462 e. The minimum atomic E-state index is -4.76. The molecule has 0 radical (unpaired) electrons. The van der Waals surface area contributed by atoms with Crippen molar-refractivity contribution in [1.29, 1.82) is 0 Å². The third-order valence-corrected chi connectivity index (χ3v) is 14.0. The minimum absolute atomic E-state index is 0.150. The number of hydrogen-bond donors (Lipinski definition) is 2. The van der Waals surface area contributed by atoms with Gasteiger partial charge in [-0.05, 0) is 109 Å². The number of aliphatic hydroxyl groups is 1. The monoisotopic (exact) mass is 1090 g/mol. The fourth-order valence-electron chi connectivity index (χ4n) is 8.32. The van der Waals surface area contributed by atoms with Crippen molar-refractivity contribution in [3.05, 3.63) is 72.9 Å². The number of phosphoric ester groups is 1. The lowest BCUT2D eigenvalue weighted by molar-refractivity contribution is -0.161. The Balaban J connectivity index is 4.65. The summed E-state index contributed by atoms with van der Waals surface area (Å²) in [5.41, 5.74) is 0. The van der Waals surface area contributed by atoms with Crippen molar-refractivity contribution in [2.24, 2.45) is 0 Å². The first-order valence-corrected chi connectivity index (χ1v) is 32.3. The van der Waals surface area contributed by atoms with Crippen molar-refractivity contribution in [3.63, 3.8) is 0 Å². The van der Waals surface area contributed by atoms with Crippen LogP contribution in [0.5, 0.6) is 0 Å². The van der Waals surface area contributed by atoms with E-state index in [2.05, 4.69) is 93.7 Å². The second kappa shape index (κ2) is 58.1. The summed E-state index contributed by atoms with van der Waals surface area (Å²) in [6, 6.07) is 0. The number of rotatable bonds is 57. The normalized spacial score (nSPS) is 13.8. The van der Waals surface area contributed by atoms with Gasteiger partial charge in [-0.3, -0.25) is 23.4 Å². The first kappa shape index (κ1) is 72.9. The van der Waals surface area contributed by atoms with Gasteiger partial charge in [0.15, 0.2) is 6.10 Å². The van der Waals surface area contributed by atoms with Gasteiger partial charge in [-0.1, -0.05) is 222 Å². The number of unbranched alkanes of at least 4 members (excludes halogenated alkanes) is 28. The van der Waals surface area contributed by atoms with Gasteiger partial charge in [0.1, 0.15) is 12.7 Å². The molecule has 0 aliphatic heterocycles. The van der Waals surface area contributed by atoms with Gasteiger partial charge in [0.05, 0.1) is 19.8 Å². The maximum Gasteiger partial charge on any atom is 0.472 e. The summed E-state index contributed by atoms with van der Waals surface area (Å²) in [5, 5.41) is 9.84. The SMILES string of the molecule is CCCC/C=C\CCCCCCCC(=O)OCC(COP(=O)(O)OCC(CO)OC(=O)CCCCCCCCCCC/C=C\C/C=C\CCCCC)OC(=O)CCCCCCCC/C=C\C/C=C\C/C=C\CCCCC. The second-order valence-electron chi connectivity index (χ2n) is 20.5.